The van der Waals surface area contributed by atoms with E-state index >= 15 is 0 Å². The minimum Gasteiger partial charge on any atom is -0.478 e. The van der Waals surface area contributed by atoms with E-state index in [-0.39, 0.29) is 16.2 Å². The Morgan fingerprint density at radius 3 is 2.58 bits per heavy atom. The van der Waals surface area contributed by atoms with Gasteiger partial charge in [0.1, 0.15) is 10.6 Å². The highest BCUT2D eigenvalue weighted by Gasteiger charge is 2.23. The summed E-state index contributed by atoms with van der Waals surface area (Å²) in [7, 11) is -3.71. The molecule has 2 aromatic rings. The van der Waals surface area contributed by atoms with E-state index in [1.807, 2.05) is 13.0 Å². The molecule has 6 nitrogen and oxygen atoms in total. The van der Waals surface area contributed by atoms with Gasteiger partial charge in [0.25, 0.3) is 0 Å². The molecule has 0 aromatic heterocycles. The lowest BCUT2D eigenvalue weighted by Crippen LogP contribution is -2.10. The molecule has 0 fully saturated rings. The van der Waals surface area contributed by atoms with Gasteiger partial charge in [-0.2, -0.15) is 0 Å². The number of benzene rings is 2. The van der Waals surface area contributed by atoms with Crippen LogP contribution in [-0.2, 0) is 9.84 Å². The van der Waals surface area contributed by atoms with Gasteiger partial charge in [-0.05, 0) is 36.8 Å². The molecule has 0 radical (unpaired) electrons. The maximum atomic E-state index is 12.3. The maximum Gasteiger partial charge on any atom is 0.335 e. The normalized spacial score (nSPS) is 11.2. The van der Waals surface area contributed by atoms with Crippen LogP contribution < -0.4 is 10.1 Å². The van der Waals surface area contributed by atoms with Crippen molar-refractivity contribution in [1.82, 2.24) is 0 Å². The molecule has 140 valence electrons. The van der Waals surface area contributed by atoms with Crippen LogP contribution in [0.1, 0.15) is 30.1 Å². The monoisotopic (exact) mass is 441 g/mol. The summed E-state index contributed by atoms with van der Waals surface area (Å²) >= 11 is 3.34. The maximum absolute atomic E-state index is 12.3. The Bertz CT molecular complexity index is 912. The zero-order chi connectivity index (χ0) is 19.3. The molecule has 0 aliphatic rings. The highest BCUT2D eigenvalue weighted by Crippen LogP contribution is 2.38. The smallest absolute Gasteiger partial charge is 0.335 e. The molecule has 0 aliphatic heterocycles. The van der Waals surface area contributed by atoms with Crippen LogP contribution in [0.5, 0.6) is 11.5 Å². The number of rotatable bonds is 8. The number of ether oxygens (including phenoxy) is 1. The van der Waals surface area contributed by atoms with Crippen LogP contribution in [-0.4, -0.2) is 32.3 Å². The topological polar surface area (TPSA) is 92.7 Å². The number of halogens is 1. The molecule has 0 atom stereocenters. The highest BCUT2D eigenvalue weighted by atomic mass is 79.9. The van der Waals surface area contributed by atoms with Gasteiger partial charge in [-0.15, -0.1) is 0 Å². The van der Waals surface area contributed by atoms with Gasteiger partial charge < -0.3 is 15.2 Å². The second-order valence-electron chi connectivity index (χ2n) is 5.77. The number of carbonyl (C=O) groups is 1. The van der Waals surface area contributed by atoms with E-state index in [0.717, 1.165) is 29.6 Å². The fourth-order valence-corrected chi connectivity index (χ4v) is 3.49. The summed E-state index contributed by atoms with van der Waals surface area (Å²) in [5.41, 5.74) is 0.213. The standard InChI is InChI=1S/C18H20BrNO5S/c1-3-4-8-20-15-9-12(18(21)22)10-16(26(2,23)24)17(15)25-14-7-5-6-13(19)11-14/h5-7,9-11,20H,3-4,8H2,1-2H3,(H,21,22). The molecule has 26 heavy (non-hydrogen) atoms. The molecule has 0 spiro atoms. The number of nitrogens with one attached hydrogen (secondary N) is 1. The number of anilines is 1. The molecule has 0 aliphatic carbocycles. The molecule has 0 saturated carbocycles. The van der Waals surface area contributed by atoms with Gasteiger partial charge in [0.2, 0.25) is 0 Å². The SMILES string of the molecule is CCCCNc1cc(C(=O)O)cc(S(C)(=O)=O)c1Oc1cccc(Br)c1. The molecular weight excluding hydrogens is 422 g/mol. The summed E-state index contributed by atoms with van der Waals surface area (Å²) in [6.45, 7) is 2.59. The van der Waals surface area contributed by atoms with Crippen molar-refractivity contribution in [3.8, 4) is 11.5 Å². The lowest BCUT2D eigenvalue weighted by atomic mass is 10.1. The summed E-state index contributed by atoms with van der Waals surface area (Å²) in [5.74, 6) is -0.681. The predicted molar refractivity (Wildman–Crippen MR) is 104 cm³/mol. The largest absolute Gasteiger partial charge is 0.478 e. The minimum absolute atomic E-state index is 0.0895. The number of unbranched alkanes of at least 4 members (excludes halogenated alkanes) is 1. The minimum atomic E-state index is -3.71. The third-order valence-electron chi connectivity index (χ3n) is 3.56. The van der Waals surface area contributed by atoms with Crippen molar-refractivity contribution < 1.29 is 23.1 Å². The molecule has 2 N–H and O–H groups in total. The van der Waals surface area contributed by atoms with Gasteiger partial charge in [0.15, 0.2) is 15.6 Å². The number of hydrogen-bond acceptors (Lipinski definition) is 5. The van der Waals surface area contributed by atoms with Crippen LogP contribution in [0.3, 0.4) is 0 Å². The first-order valence-electron chi connectivity index (χ1n) is 8.01. The molecule has 2 rings (SSSR count). The molecule has 0 heterocycles. The third kappa shape index (κ3) is 5.22. The lowest BCUT2D eigenvalue weighted by Gasteiger charge is -2.17. The van der Waals surface area contributed by atoms with Crippen molar-refractivity contribution in [2.45, 2.75) is 24.7 Å². The van der Waals surface area contributed by atoms with Crippen LogP contribution >= 0.6 is 15.9 Å². The Hall–Kier alpha value is -2.06. The second kappa shape index (κ2) is 8.55. The van der Waals surface area contributed by atoms with Crippen LogP contribution in [0.2, 0.25) is 0 Å². The molecule has 0 bridgehead atoms. The molecular formula is C18H20BrNO5S. The first kappa shape index (κ1) is 20.3. The quantitative estimate of drug-likeness (QED) is 0.583. The summed E-state index contributed by atoms with van der Waals surface area (Å²) in [6, 6.07) is 9.48. The molecule has 0 amide bonds. The van der Waals surface area contributed by atoms with Crippen molar-refractivity contribution >= 4 is 37.4 Å². The Labute approximate surface area is 161 Å². The number of carboxylic acids is 1. The summed E-state index contributed by atoms with van der Waals surface area (Å²) in [5, 5.41) is 12.4. The van der Waals surface area contributed by atoms with Crippen LogP contribution in [0.15, 0.2) is 45.8 Å². The van der Waals surface area contributed by atoms with Gasteiger partial charge in [-0.1, -0.05) is 35.3 Å². The number of sulfone groups is 1. The van der Waals surface area contributed by atoms with Gasteiger partial charge >= 0.3 is 5.97 Å². The fourth-order valence-electron chi connectivity index (χ4n) is 2.29. The molecule has 0 saturated heterocycles. The van der Waals surface area contributed by atoms with Crippen LogP contribution in [0.4, 0.5) is 5.69 Å². The van der Waals surface area contributed by atoms with E-state index in [2.05, 4.69) is 21.2 Å². The van der Waals surface area contributed by atoms with E-state index in [0.29, 0.717) is 18.0 Å². The van der Waals surface area contributed by atoms with Gasteiger partial charge in [0, 0.05) is 17.3 Å². The zero-order valence-corrected chi connectivity index (χ0v) is 16.9. The molecule has 0 unspecified atom stereocenters. The van der Waals surface area contributed by atoms with Crippen molar-refractivity contribution in [2.75, 3.05) is 18.1 Å². The second-order valence-corrected chi connectivity index (χ2v) is 8.67. The first-order chi connectivity index (χ1) is 12.2. The summed E-state index contributed by atoms with van der Waals surface area (Å²) < 4.78 is 31.1. The van der Waals surface area contributed by atoms with Crippen LogP contribution in [0.25, 0.3) is 0 Å². The Balaban J connectivity index is 2.61. The predicted octanol–water partition coefficient (Wildman–Crippen LogP) is 4.56. The van der Waals surface area contributed by atoms with Crippen molar-refractivity contribution in [1.29, 1.82) is 0 Å². The first-order valence-corrected chi connectivity index (χ1v) is 10.7. The highest BCUT2D eigenvalue weighted by molar-refractivity contribution is 9.10. The van der Waals surface area contributed by atoms with Gasteiger partial charge in [-0.25, -0.2) is 13.2 Å². The fraction of sp³-hybridized carbons (Fsp3) is 0.278. The Kier molecular flexibility index (Phi) is 6.66. The van der Waals surface area contributed by atoms with Crippen LogP contribution in [0, 0.1) is 0 Å². The summed E-state index contributed by atoms with van der Waals surface area (Å²) in [6.07, 6.45) is 2.81. The van der Waals surface area contributed by atoms with E-state index in [4.69, 9.17) is 4.74 Å². The average Bonchev–Trinajstić information content (AvgIpc) is 2.55. The molecule has 2 aromatic carbocycles. The Morgan fingerprint density at radius 1 is 1.27 bits per heavy atom. The number of carboxylic acid groups (broad SMARTS) is 1. The number of aromatic carboxylic acids is 1. The van der Waals surface area contributed by atoms with Gasteiger partial charge in [-0.3, -0.25) is 0 Å². The van der Waals surface area contributed by atoms with E-state index in [1.165, 1.54) is 6.07 Å². The summed E-state index contributed by atoms with van der Waals surface area (Å²) in [4.78, 5) is 11.2. The van der Waals surface area contributed by atoms with E-state index in [1.54, 1.807) is 18.2 Å². The Morgan fingerprint density at radius 2 is 2.00 bits per heavy atom. The number of hydrogen-bond donors (Lipinski definition) is 2. The van der Waals surface area contributed by atoms with Crippen molar-refractivity contribution in [3.05, 3.63) is 46.4 Å². The van der Waals surface area contributed by atoms with Gasteiger partial charge in [0.05, 0.1) is 11.3 Å². The third-order valence-corrected chi connectivity index (χ3v) is 5.16. The molecule has 8 heteroatoms. The lowest BCUT2D eigenvalue weighted by molar-refractivity contribution is 0.0696. The van der Waals surface area contributed by atoms with E-state index < -0.39 is 15.8 Å². The van der Waals surface area contributed by atoms with Crippen molar-refractivity contribution in [2.24, 2.45) is 0 Å². The zero-order valence-electron chi connectivity index (χ0n) is 14.5. The van der Waals surface area contributed by atoms with E-state index in [9.17, 15) is 18.3 Å². The van der Waals surface area contributed by atoms with Crippen molar-refractivity contribution in [3.63, 3.8) is 0 Å². The average molecular weight is 442 g/mol.